The molecule has 0 spiro atoms. The van der Waals surface area contributed by atoms with E-state index < -0.39 is 12.1 Å². The zero-order valence-electron chi connectivity index (χ0n) is 21.3. The van der Waals surface area contributed by atoms with E-state index in [-0.39, 0.29) is 18.1 Å². The number of hydrogen-bond acceptors (Lipinski definition) is 4. The maximum atomic E-state index is 13.5. The number of amides is 1. The number of carbonyl (C=O) groups excluding carboxylic acids is 2. The summed E-state index contributed by atoms with van der Waals surface area (Å²) < 4.78 is 11.5. The van der Waals surface area contributed by atoms with Crippen LogP contribution in [0.15, 0.2) is 109 Å². The molecule has 1 atom stereocenters. The first-order valence-corrected chi connectivity index (χ1v) is 12.9. The van der Waals surface area contributed by atoms with E-state index in [0.29, 0.717) is 30.3 Å². The molecule has 194 valence electrons. The van der Waals surface area contributed by atoms with E-state index in [9.17, 15) is 9.59 Å². The van der Waals surface area contributed by atoms with E-state index in [1.807, 2.05) is 78.9 Å². The van der Waals surface area contributed by atoms with Gasteiger partial charge in [-0.15, -0.1) is 0 Å². The predicted octanol–water partition coefficient (Wildman–Crippen LogP) is 6.74. The first-order chi connectivity index (χ1) is 18.5. The van der Waals surface area contributed by atoms with Crippen LogP contribution in [0.3, 0.4) is 0 Å². The monoisotopic (exact) mass is 527 g/mol. The molecule has 0 radical (unpaired) electrons. The van der Waals surface area contributed by atoms with Crippen LogP contribution in [0.1, 0.15) is 34.0 Å². The van der Waals surface area contributed by atoms with Gasteiger partial charge < -0.3 is 14.4 Å². The number of para-hydroxylation sites is 1. The van der Waals surface area contributed by atoms with Gasteiger partial charge in [0.1, 0.15) is 17.9 Å². The average molecular weight is 528 g/mol. The third-order valence-electron chi connectivity index (χ3n) is 6.12. The first kappa shape index (κ1) is 27.0. The summed E-state index contributed by atoms with van der Waals surface area (Å²) in [5.41, 5.74) is 3.19. The second-order valence-electron chi connectivity index (χ2n) is 8.90. The largest absolute Gasteiger partial charge is 0.488 e. The van der Waals surface area contributed by atoms with E-state index in [0.717, 1.165) is 16.7 Å². The molecule has 4 aromatic carbocycles. The highest BCUT2D eigenvalue weighted by Crippen LogP contribution is 2.23. The highest BCUT2D eigenvalue weighted by atomic mass is 35.5. The lowest BCUT2D eigenvalue weighted by molar-refractivity contribution is -0.140. The maximum absolute atomic E-state index is 13.5. The summed E-state index contributed by atoms with van der Waals surface area (Å²) in [6.45, 7) is 2.72. The molecule has 1 amide bonds. The van der Waals surface area contributed by atoms with Crippen LogP contribution in [0.25, 0.3) is 0 Å². The summed E-state index contributed by atoms with van der Waals surface area (Å²) in [7, 11) is 0. The van der Waals surface area contributed by atoms with E-state index in [2.05, 4.69) is 0 Å². The van der Waals surface area contributed by atoms with Gasteiger partial charge in [-0.25, -0.2) is 4.79 Å². The average Bonchev–Trinajstić information content (AvgIpc) is 2.95. The zero-order chi connectivity index (χ0) is 26.7. The van der Waals surface area contributed by atoms with Crippen molar-refractivity contribution >= 4 is 23.5 Å². The molecule has 0 aliphatic rings. The van der Waals surface area contributed by atoms with Gasteiger partial charge in [0.25, 0.3) is 5.91 Å². The normalized spacial score (nSPS) is 11.4. The van der Waals surface area contributed by atoms with Crippen molar-refractivity contribution in [3.8, 4) is 5.75 Å². The SMILES string of the molecule is CC(OC(=O)c1ccccc1OCc1ccccc1Cl)C(=O)N(CCc1ccccc1)Cc1ccccc1. The second-order valence-corrected chi connectivity index (χ2v) is 9.31. The summed E-state index contributed by atoms with van der Waals surface area (Å²) in [6, 6.07) is 34.0. The topological polar surface area (TPSA) is 55.8 Å². The Morgan fingerprint density at radius 2 is 1.39 bits per heavy atom. The fourth-order valence-electron chi connectivity index (χ4n) is 4.04. The number of esters is 1. The summed E-state index contributed by atoms with van der Waals surface area (Å²) in [4.78, 5) is 28.3. The van der Waals surface area contributed by atoms with Gasteiger partial charge in [0.2, 0.25) is 0 Å². The van der Waals surface area contributed by atoms with Crippen molar-refractivity contribution in [2.45, 2.75) is 32.6 Å². The van der Waals surface area contributed by atoms with Crippen molar-refractivity contribution in [2.75, 3.05) is 6.54 Å². The Bertz CT molecular complexity index is 1340. The number of halogens is 1. The number of ether oxygens (including phenoxy) is 2. The number of rotatable bonds is 11. The standard InChI is InChI=1S/C32H30ClNO4/c1-24(31(35)34(22-26-14-6-3-7-15-26)21-20-25-12-4-2-5-13-25)38-32(36)28-17-9-11-19-30(28)37-23-27-16-8-10-18-29(27)33/h2-19,24H,20-23H2,1H3. The van der Waals surface area contributed by atoms with E-state index in [1.54, 1.807) is 42.2 Å². The first-order valence-electron chi connectivity index (χ1n) is 12.5. The van der Waals surface area contributed by atoms with E-state index in [1.165, 1.54) is 0 Å². The minimum atomic E-state index is -0.974. The predicted molar refractivity (Wildman–Crippen MR) is 149 cm³/mol. The molecule has 1 unspecified atom stereocenters. The molecule has 38 heavy (non-hydrogen) atoms. The van der Waals surface area contributed by atoms with Crippen LogP contribution >= 0.6 is 11.6 Å². The zero-order valence-corrected chi connectivity index (χ0v) is 22.0. The van der Waals surface area contributed by atoms with Crippen molar-refractivity contribution in [1.29, 1.82) is 0 Å². The number of benzene rings is 4. The van der Waals surface area contributed by atoms with Gasteiger partial charge in [0.15, 0.2) is 6.10 Å². The minimum absolute atomic E-state index is 0.197. The van der Waals surface area contributed by atoms with Crippen LogP contribution < -0.4 is 4.74 Å². The summed E-state index contributed by atoms with van der Waals surface area (Å²) in [5, 5.41) is 0.584. The van der Waals surface area contributed by atoms with Gasteiger partial charge in [-0.2, -0.15) is 0 Å². The molecule has 0 N–H and O–H groups in total. The Morgan fingerprint density at radius 1 is 0.789 bits per heavy atom. The van der Waals surface area contributed by atoms with Gasteiger partial charge in [-0.1, -0.05) is 103 Å². The molecule has 6 heteroatoms. The van der Waals surface area contributed by atoms with Gasteiger partial charge in [0.05, 0.1) is 0 Å². The number of carbonyl (C=O) groups is 2. The van der Waals surface area contributed by atoms with Crippen molar-refractivity contribution in [2.24, 2.45) is 0 Å². The highest BCUT2D eigenvalue weighted by molar-refractivity contribution is 6.31. The lowest BCUT2D eigenvalue weighted by Crippen LogP contribution is -2.40. The van der Waals surface area contributed by atoms with Crippen LogP contribution in [0.2, 0.25) is 5.02 Å². The fraction of sp³-hybridized carbons (Fsp3) is 0.188. The van der Waals surface area contributed by atoms with Crippen LogP contribution in [-0.4, -0.2) is 29.4 Å². The smallest absolute Gasteiger partial charge is 0.342 e. The minimum Gasteiger partial charge on any atom is -0.488 e. The Kier molecular flexibility index (Phi) is 9.54. The highest BCUT2D eigenvalue weighted by Gasteiger charge is 2.26. The fourth-order valence-corrected chi connectivity index (χ4v) is 4.23. The van der Waals surface area contributed by atoms with Crippen LogP contribution in [0.5, 0.6) is 5.75 Å². The molecule has 4 rings (SSSR count). The van der Waals surface area contributed by atoms with E-state index >= 15 is 0 Å². The van der Waals surface area contributed by atoms with Crippen molar-refractivity contribution in [3.05, 3.63) is 136 Å². The Hall–Kier alpha value is -4.09. The molecule has 0 aliphatic carbocycles. The molecule has 0 aliphatic heterocycles. The molecule has 0 bridgehead atoms. The van der Waals surface area contributed by atoms with Gasteiger partial charge in [-0.05, 0) is 42.7 Å². The van der Waals surface area contributed by atoms with Gasteiger partial charge in [0, 0.05) is 23.7 Å². The molecule has 0 aromatic heterocycles. The third kappa shape index (κ3) is 7.46. The molecular weight excluding hydrogens is 498 g/mol. The molecule has 0 saturated heterocycles. The van der Waals surface area contributed by atoms with Gasteiger partial charge >= 0.3 is 5.97 Å². The van der Waals surface area contributed by atoms with Crippen LogP contribution in [0.4, 0.5) is 0 Å². The summed E-state index contributed by atoms with van der Waals surface area (Å²) in [6.07, 6.45) is -0.280. The van der Waals surface area contributed by atoms with Crippen molar-refractivity contribution in [3.63, 3.8) is 0 Å². The van der Waals surface area contributed by atoms with Crippen molar-refractivity contribution < 1.29 is 19.1 Å². The quantitative estimate of drug-likeness (QED) is 0.203. The van der Waals surface area contributed by atoms with E-state index in [4.69, 9.17) is 21.1 Å². The van der Waals surface area contributed by atoms with Crippen molar-refractivity contribution in [1.82, 2.24) is 4.90 Å². The number of hydrogen-bond donors (Lipinski definition) is 0. The van der Waals surface area contributed by atoms with Crippen LogP contribution in [0, 0.1) is 0 Å². The lowest BCUT2D eigenvalue weighted by atomic mass is 10.1. The Balaban J connectivity index is 1.44. The summed E-state index contributed by atoms with van der Waals surface area (Å²) >= 11 is 6.24. The number of nitrogens with zero attached hydrogens (tertiary/aromatic N) is 1. The molecule has 5 nitrogen and oxygen atoms in total. The molecular formula is C32H30ClNO4. The lowest BCUT2D eigenvalue weighted by Gasteiger charge is -2.26. The van der Waals surface area contributed by atoms with Crippen LogP contribution in [-0.2, 0) is 29.1 Å². The summed E-state index contributed by atoms with van der Waals surface area (Å²) in [5.74, 6) is -0.516. The van der Waals surface area contributed by atoms with Gasteiger partial charge in [-0.3, -0.25) is 4.79 Å². The second kappa shape index (κ2) is 13.5. The molecule has 4 aromatic rings. The Labute approximate surface area is 228 Å². The molecule has 0 fully saturated rings. The third-order valence-corrected chi connectivity index (χ3v) is 6.49. The Morgan fingerprint density at radius 3 is 2.11 bits per heavy atom. The molecule has 0 saturated carbocycles. The maximum Gasteiger partial charge on any atom is 0.342 e. The molecule has 0 heterocycles.